The van der Waals surface area contributed by atoms with Crippen LogP contribution in [0.4, 0.5) is 17.1 Å². The van der Waals surface area contributed by atoms with Crippen LogP contribution in [-0.2, 0) is 0 Å². The third-order valence-electron chi connectivity index (χ3n) is 9.04. The van der Waals surface area contributed by atoms with Crippen LogP contribution >= 0.6 is 0 Å². The number of rotatable bonds is 5. The second kappa shape index (κ2) is 10.8. The van der Waals surface area contributed by atoms with Gasteiger partial charge in [0.2, 0.25) is 0 Å². The Kier molecular flexibility index (Phi) is 6.17. The van der Waals surface area contributed by atoms with E-state index in [2.05, 4.69) is 169 Å². The molecule has 0 aliphatic carbocycles. The Labute approximate surface area is 267 Å². The molecule has 9 aromatic rings. The molecule has 0 amide bonds. The second-order valence-electron chi connectivity index (χ2n) is 11.7. The van der Waals surface area contributed by atoms with Crippen molar-refractivity contribution in [2.45, 2.75) is 0 Å². The van der Waals surface area contributed by atoms with Gasteiger partial charge in [-0.3, -0.25) is 0 Å². The number of benzene rings is 8. The van der Waals surface area contributed by atoms with E-state index in [-0.39, 0.29) is 0 Å². The van der Waals surface area contributed by atoms with E-state index in [9.17, 15) is 0 Å². The molecule has 0 atom stereocenters. The fourth-order valence-electron chi connectivity index (χ4n) is 6.99. The summed E-state index contributed by atoms with van der Waals surface area (Å²) in [6.45, 7) is 0. The lowest BCUT2D eigenvalue weighted by Crippen LogP contribution is -2.11. The predicted molar refractivity (Wildman–Crippen MR) is 194 cm³/mol. The van der Waals surface area contributed by atoms with Crippen LogP contribution in [0.3, 0.4) is 0 Å². The molecule has 0 N–H and O–H groups in total. The maximum atomic E-state index is 6.24. The highest BCUT2D eigenvalue weighted by Gasteiger charge is 2.23. The van der Waals surface area contributed by atoms with E-state index >= 15 is 0 Å². The van der Waals surface area contributed by atoms with Crippen molar-refractivity contribution in [2.75, 3.05) is 4.90 Å². The molecule has 0 bridgehead atoms. The predicted octanol–water partition coefficient (Wildman–Crippen LogP) is 12.7. The number of hydrogen-bond acceptors (Lipinski definition) is 2. The molecule has 0 saturated carbocycles. The van der Waals surface area contributed by atoms with E-state index in [1.54, 1.807) is 0 Å². The first kappa shape index (κ1) is 26.3. The number of anilines is 3. The number of para-hydroxylation sites is 2. The summed E-state index contributed by atoms with van der Waals surface area (Å²) >= 11 is 0. The molecule has 0 unspecified atom stereocenters. The van der Waals surface area contributed by atoms with E-state index < -0.39 is 0 Å². The molecule has 0 fully saturated rings. The number of nitrogens with zero attached hydrogens (tertiary/aromatic N) is 1. The molecule has 1 aromatic heterocycles. The van der Waals surface area contributed by atoms with Crippen molar-refractivity contribution in [3.05, 3.63) is 176 Å². The minimum absolute atomic E-state index is 0.886. The van der Waals surface area contributed by atoms with Crippen molar-refractivity contribution in [3.63, 3.8) is 0 Å². The monoisotopic (exact) mass is 587 g/mol. The summed E-state index contributed by atoms with van der Waals surface area (Å²) in [4.78, 5) is 2.40. The highest BCUT2D eigenvalue weighted by Crippen LogP contribution is 2.48. The zero-order valence-electron chi connectivity index (χ0n) is 25.1. The van der Waals surface area contributed by atoms with Gasteiger partial charge in [0, 0.05) is 27.7 Å². The standard InChI is InChI=1S/C44H29NO/c1-3-14-30(15-4-1)35-23-13-24-41(44(35)40-28-31-16-7-8-19-34(31)36-20-9-10-21-37(36)40)45(32-17-5-2-6-18-32)33-26-27-43-39(29-33)38-22-11-12-25-42(38)46-43/h1-29H. The lowest BCUT2D eigenvalue weighted by atomic mass is 9.87. The summed E-state index contributed by atoms with van der Waals surface area (Å²) in [5.41, 5.74) is 9.83. The van der Waals surface area contributed by atoms with Gasteiger partial charge < -0.3 is 9.32 Å². The maximum Gasteiger partial charge on any atom is 0.135 e. The molecule has 2 heteroatoms. The van der Waals surface area contributed by atoms with Crippen LogP contribution in [0.25, 0.3) is 65.7 Å². The first-order valence-electron chi connectivity index (χ1n) is 15.7. The fourth-order valence-corrected chi connectivity index (χ4v) is 6.99. The van der Waals surface area contributed by atoms with Crippen molar-refractivity contribution in [1.29, 1.82) is 0 Å². The Hall–Kier alpha value is -6.12. The van der Waals surface area contributed by atoms with E-state index in [1.807, 2.05) is 12.1 Å². The van der Waals surface area contributed by atoms with Gasteiger partial charge in [0.1, 0.15) is 11.2 Å². The van der Waals surface area contributed by atoms with E-state index in [0.29, 0.717) is 0 Å². The van der Waals surface area contributed by atoms with Gasteiger partial charge in [0.05, 0.1) is 5.69 Å². The van der Waals surface area contributed by atoms with Crippen LogP contribution in [0.1, 0.15) is 0 Å². The van der Waals surface area contributed by atoms with Crippen molar-refractivity contribution in [3.8, 4) is 22.3 Å². The Morgan fingerprint density at radius 2 is 1.02 bits per heavy atom. The zero-order valence-corrected chi connectivity index (χ0v) is 25.1. The van der Waals surface area contributed by atoms with Gasteiger partial charge in [-0.1, -0.05) is 127 Å². The highest BCUT2D eigenvalue weighted by molar-refractivity contribution is 6.17. The first-order valence-corrected chi connectivity index (χ1v) is 15.7. The van der Waals surface area contributed by atoms with Crippen LogP contribution in [-0.4, -0.2) is 0 Å². The van der Waals surface area contributed by atoms with Crippen LogP contribution in [0, 0.1) is 0 Å². The molecule has 1 heterocycles. The number of furan rings is 1. The molecule has 9 rings (SSSR count). The molecular formula is C44H29NO. The summed E-state index contributed by atoms with van der Waals surface area (Å²) in [7, 11) is 0. The third kappa shape index (κ3) is 4.27. The van der Waals surface area contributed by atoms with Crippen molar-refractivity contribution < 1.29 is 4.42 Å². The highest BCUT2D eigenvalue weighted by atomic mass is 16.3. The lowest BCUT2D eigenvalue weighted by molar-refractivity contribution is 0.669. The van der Waals surface area contributed by atoms with Gasteiger partial charge in [-0.05, 0) is 86.8 Å². The summed E-state index contributed by atoms with van der Waals surface area (Å²) in [6.07, 6.45) is 0. The topological polar surface area (TPSA) is 16.4 Å². The molecular weight excluding hydrogens is 558 g/mol. The van der Waals surface area contributed by atoms with Crippen LogP contribution in [0.5, 0.6) is 0 Å². The van der Waals surface area contributed by atoms with Crippen molar-refractivity contribution in [2.24, 2.45) is 0 Å². The van der Waals surface area contributed by atoms with Crippen LogP contribution in [0.2, 0.25) is 0 Å². The Bertz CT molecular complexity index is 2530. The summed E-state index contributed by atoms with van der Waals surface area (Å²) in [5.74, 6) is 0. The molecule has 0 radical (unpaired) electrons. The van der Waals surface area contributed by atoms with Crippen LogP contribution < -0.4 is 4.90 Å². The fraction of sp³-hybridized carbons (Fsp3) is 0. The Morgan fingerprint density at radius 1 is 0.370 bits per heavy atom. The van der Waals surface area contributed by atoms with Gasteiger partial charge in [0.15, 0.2) is 0 Å². The lowest BCUT2D eigenvalue weighted by Gasteiger charge is -2.30. The molecule has 8 aromatic carbocycles. The normalized spacial score (nSPS) is 11.5. The minimum atomic E-state index is 0.886. The smallest absolute Gasteiger partial charge is 0.135 e. The molecule has 0 aliphatic rings. The van der Waals surface area contributed by atoms with E-state index in [4.69, 9.17) is 4.42 Å². The van der Waals surface area contributed by atoms with Gasteiger partial charge in [-0.2, -0.15) is 0 Å². The molecule has 0 aliphatic heterocycles. The zero-order chi connectivity index (χ0) is 30.5. The third-order valence-corrected chi connectivity index (χ3v) is 9.04. The van der Waals surface area contributed by atoms with Gasteiger partial charge in [-0.15, -0.1) is 0 Å². The molecule has 2 nitrogen and oxygen atoms in total. The largest absolute Gasteiger partial charge is 0.456 e. The van der Waals surface area contributed by atoms with Gasteiger partial charge in [0.25, 0.3) is 0 Å². The number of hydrogen-bond donors (Lipinski definition) is 0. The minimum Gasteiger partial charge on any atom is -0.456 e. The molecule has 0 spiro atoms. The first-order chi connectivity index (χ1) is 22.8. The SMILES string of the molecule is c1ccc(-c2cccc(N(c3ccccc3)c3ccc4oc5ccccc5c4c3)c2-c2cc3ccccc3c3ccccc23)cc1. The van der Waals surface area contributed by atoms with Gasteiger partial charge >= 0.3 is 0 Å². The maximum absolute atomic E-state index is 6.24. The average Bonchev–Trinajstić information content (AvgIpc) is 3.50. The summed E-state index contributed by atoms with van der Waals surface area (Å²) in [6, 6.07) is 62.9. The van der Waals surface area contributed by atoms with Crippen LogP contribution in [0.15, 0.2) is 180 Å². The van der Waals surface area contributed by atoms with E-state index in [0.717, 1.165) is 39.0 Å². The molecule has 46 heavy (non-hydrogen) atoms. The number of fused-ring (bicyclic) bond motifs is 6. The summed E-state index contributed by atoms with van der Waals surface area (Å²) in [5, 5.41) is 7.19. The second-order valence-corrected chi connectivity index (χ2v) is 11.7. The average molecular weight is 588 g/mol. The van der Waals surface area contributed by atoms with Crippen molar-refractivity contribution in [1.82, 2.24) is 0 Å². The molecule has 0 saturated heterocycles. The van der Waals surface area contributed by atoms with Gasteiger partial charge in [-0.25, -0.2) is 0 Å². The Balaban J connectivity index is 1.40. The Morgan fingerprint density at radius 3 is 1.85 bits per heavy atom. The van der Waals surface area contributed by atoms with E-state index in [1.165, 1.54) is 43.8 Å². The molecule has 216 valence electrons. The quantitative estimate of drug-likeness (QED) is 0.186. The summed E-state index contributed by atoms with van der Waals surface area (Å²) < 4.78 is 6.24. The van der Waals surface area contributed by atoms with Crippen molar-refractivity contribution >= 4 is 60.5 Å².